The number of halogens is 1. The minimum atomic E-state index is 0.635. The third-order valence-electron chi connectivity index (χ3n) is 2.15. The fourth-order valence-corrected chi connectivity index (χ4v) is 1.58. The molecule has 1 heterocycles. The highest BCUT2D eigenvalue weighted by atomic mass is 35.5. The first-order valence-electron chi connectivity index (χ1n) is 4.60. The summed E-state index contributed by atoms with van der Waals surface area (Å²) < 4.78 is 5.16. The Morgan fingerprint density at radius 2 is 2.20 bits per heavy atom. The molecule has 2 aromatic rings. The minimum Gasteiger partial charge on any atom is -0.449 e. The highest BCUT2D eigenvalue weighted by Gasteiger charge is 2.08. The molecule has 0 radical (unpaired) electrons. The van der Waals surface area contributed by atoms with Crippen LogP contribution in [0.1, 0.15) is 5.89 Å². The van der Waals surface area contributed by atoms with Gasteiger partial charge in [0.1, 0.15) is 12.0 Å². The van der Waals surface area contributed by atoms with Crippen LogP contribution in [0.25, 0.3) is 11.3 Å². The molecule has 78 valence electrons. The van der Waals surface area contributed by atoms with Crippen LogP contribution in [0, 0.1) is 6.92 Å². The van der Waals surface area contributed by atoms with Crippen LogP contribution in [0.15, 0.2) is 28.9 Å². The monoisotopic (exact) mass is 222 g/mol. The molecule has 0 spiro atoms. The number of oxazole rings is 1. The first kappa shape index (κ1) is 10.1. The molecule has 0 aliphatic rings. The highest BCUT2D eigenvalue weighted by Crippen LogP contribution is 2.29. The van der Waals surface area contributed by atoms with Crippen molar-refractivity contribution in [3.63, 3.8) is 0 Å². The summed E-state index contributed by atoms with van der Waals surface area (Å²) in [5, 5.41) is 3.72. The number of nitrogens with one attached hydrogen (secondary N) is 1. The second-order valence-electron chi connectivity index (χ2n) is 3.20. The van der Waals surface area contributed by atoms with Crippen molar-refractivity contribution >= 4 is 17.3 Å². The van der Waals surface area contributed by atoms with E-state index in [0.29, 0.717) is 10.9 Å². The number of rotatable bonds is 2. The largest absolute Gasteiger partial charge is 0.449 e. The van der Waals surface area contributed by atoms with Crippen LogP contribution in [0.2, 0.25) is 5.02 Å². The normalized spacial score (nSPS) is 10.3. The van der Waals surface area contributed by atoms with Gasteiger partial charge in [-0.05, 0) is 18.2 Å². The van der Waals surface area contributed by atoms with Crippen LogP contribution < -0.4 is 5.32 Å². The Labute approximate surface area is 93.1 Å². The molecule has 4 heteroatoms. The topological polar surface area (TPSA) is 38.1 Å². The summed E-state index contributed by atoms with van der Waals surface area (Å²) in [6.07, 6.45) is 1.61. The zero-order chi connectivity index (χ0) is 10.8. The van der Waals surface area contributed by atoms with E-state index in [1.165, 1.54) is 0 Å². The fourth-order valence-electron chi connectivity index (χ4n) is 1.36. The Hall–Kier alpha value is -1.48. The van der Waals surface area contributed by atoms with Crippen LogP contribution in [0.5, 0.6) is 0 Å². The summed E-state index contributed by atoms with van der Waals surface area (Å²) in [6.45, 7) is 1.80. The van der Waals surface area contributed by atoms with Crippen LogP contribution in [-0.2, 0) is 0 Å². The third kappa shape index (κ3) is 1.97. The van der Waals surface area contributed by atoms with Gasteiger partial charge in [0.25, 0.3) is 0 Å². The summed E-state index contributed by atoms with van der Waals surface area (Å²) in [4.78, 5) is 4.24. The molecule has 0 amide bonds. The Kier molecular flexibility index (Phi) is 2.64. The number of anilines is 1. The van der Waals surface area contributed by atoms with E-state index in [9.17, 15) is 0 Å². The van der Waals surface area contributed by atoms with Crippen LogP contribution in [-0.4, -0.2) is 12.0 Å². The maximum absolute atomic E-state index is 6.09. The molecule has 0 unspecified atom stereocenters. The van der Waals surface area contributed by atoms with Crippen molar-refractivity contribution in [3.05, 3.63) is 35.4 Å². The van der Waals surface area contributed by atoms with Crippen LogP contribution in [0.4, 0.5) is 5.69 Å². The lowest BCUT2D eigenvalue weighted by Gasteiger charge is -2.04. The van der Waals surface area contributed by atoms with E-state index in [1.54, 1.807) is 13.2 Å². The Morgan fingerprint density at radius 3 is 2.80 bits per heavy atom. The highest BCUT2D eigenvalue weighted by molar-refractivity contribution is 6.33. The van der Waals surface area contributed by atoms with Gasteiger partial charge in [-0.1, -0.05) is 11.6 Å². The zero-order valence-corrected chi connectivity index (χ0v) is 9.30. The summed E-state index contributed by atoms with van der Waals surface area (Å²) in [7, 11) is 1.86. The first-order valence-corrected chi connectivity index (χ1v) is 4.98. The lowest BCUT2D eigenvalue weighted by Crippen LogP contribution is -1.89. The van der Waals surface area contributed by atoms with E-state index < -0.39 is 0 Å². The molecule has 0 bridgehead atoms. The number of nitrogens with zero attached hydrogens (tertiary/aromatic N) is 1. The van der Waals surface area contributed by atoms with E-state index in [1.807, 2.05) is 25.2 Å². The van der Waals surface area contributed by atoms with E-state index in [4.69, 9.17) is 16.0 Å². The SMILES string of the molecule is CNc1ccc(Cl)c(-c2coc(C)n2)c1. The van der Waals surface area contributed by atoms with E-state index in [0.717, 1.165) is 16.9 Å². The van der Waals surface area contributed by atoms with Crippen LogP contribution in [0.3, 0.4) is 0 Å². The van der Waals surface area contributed by atoms with Gasteiger partial charge in [-0.25, -0.2) is 4.98 Å². The Morgan fingerprint density at radius 1 is 1.40 bits per heavy atom. The standard InChI is InChI=1S/C11H11ClN2O/c1-7-14-11(6-15-7)9-5-8(13-2)3-4-10(9)12/h3-6,13H,1-2H3. The Balaban J connectivity index is 2.51. The van der Waals surface area contributed by atoms with Gasteiger partial charge in [-0.3, -0.25) is 0 Å². The zero-order valence-electron chi connectivity index (χ0n) is 8.54. The second-order valence-corrected chi connectivity index (χ2v) is 3.60. The number of aryl methyl sites for hydroxylation is 1. The molecule has 1 N–H and O–H groups in total. The van der Waals surface area contributed by atoms with Gasteiger partial charge in [0, 0.05) is 25.2 Å². The maximum atomic E-state index is 6.09. The van der Waals surface area contributed by atoms with Crippen LogP contribution >= 0.6 is 11.6 Å². The Bertz CT molecular complexity index is 479. The fraction of sp³-hybridized carbons (Fsp3) is 0.182. The molecule has 15 heavy (non-hydrogen) atoms. The van der Waals surface area contributed by atoms with Crippen molar-refractivity contribution in [2.24, 2.45) is 0 Å². The summed E-state index contributed by atoms with van der Waals surface area (Å²) in [5.41, 5.74) is 2.63. The quantitative estimate of drug-likeness (QED) is 0.847. The molecule has 0 aliphatic heterocycles. The number of benzene rings is 1. The van der Waals surface area contributed by atoms with Crippen molar-refractivity contribution in [1.29, 1.82) is 0 Å². The van der Waals surface area contributed by atoms with Gasteiger partial charge in [0.2, 0.25) is 0 Å². The molecular weight excluding hydrogens is 212 g/mol. The number of hydrogen-bond acceptors (Lipinski definition) is 3. The van der Waals surface area contributed by atoms with Gasteiger partial charge in [0.15, 0.2) is 5.89 Å². The molecule has 0 saturated carbocycles. The van der Waals surface area contributed by atoms with E-state index in [2.05, 4.69) is 10.3 Å². The third-order valence-corrected chi connectivity index (χ3v) is 2.48. The van der Waals surface area contributed by atoms with Crippen molar-refractivity contribution in [2.75, 3.05) is 12.4 Å². The molecular formula is C11H11ClN2O. The smallest absolute Gasteiger partial charge is 0.191 e. The van der Waals surface area contributed by atoms with Crippen molar-refractivity contribution in [2.45, 2.75) is 6.92 Å². The lowest BCUT2D eigenvalue weighted by molar-refractivity contribution is 0.521. The van der Waals surface area contributed by atoms with E-state index >= 15 is 0 Å². The van der Waals surface area contributed by atoms with Crippen molar-refractivity contribution < 1.29 is 4.42 Å². The van der Waals surface area contributed by atoms with Crippen molar-refractivity contribution in [3.8, 4) is 11.3 Å². The summed E-state index contributed by atoms with van der Waals surface area (Å²) in [5.74, 6) is 0.635. The molecule has 1 aromatic heterocycles. The van der Waals surface area contributed by atoms with Gasteiger partial charge >= 0.3 is 0 Å². The molecule has 0 aliphatic carbocycles. The summed E-state index contributed by atoms with van der Waals surface area (Å²) in [6, 6.07) is 5.70. The number of aromatic nitrogens is 1. The average Bonchev–Trinajstić information content (AvgIpc) is 2.65. The first-order chi connectivity index (χ1) is 7.20. The lowest BCUT2D eigenvalue weighted by atomic mass is 10.1. The molecule has 1 aromatic carbocycles. The summed E-state index contributed by atoms with van der Waals surface area (Å²) >= 11 is 6.09. The number of hydrogen-bond donors (Lipinski definition) is 1. The van der Waals surface area contributed by atoms with Crippen molar-refractivity contribution in [1.82, 2.24) is 4.98 Å². The van der Waals surface area contributed by atoms with Gasteiger partial charge in [-0.15, -0.1) is 0 Å². The molecule has 2 rings (SSSR count). The van der Waals surface area contributed by atoms with Gasteiger partial charge in [0.05, 0.1) is 5.02 Å². The molecule has 0 saturated heterocycles. The van der Waals surface area contributed by atoms with E-state index in [-0.39, 0.29) is 0 Å². The minimum absolute atomic E-state index is 0.635. The predicted molar refractivity (Wildman–Crippen MR) is 61.2 cm³/mol. The molecule has 3 nitrogen and oxygen atoms in total. The van der Waals surface area contributed by atoms with Gasteiger partial charge in [-0.2, -0.15) is 0 Å². The predicted octanol–water partition coefficient (Wildman–Crippen LogP) is 3.35. The second kappa shape index (κ2) is 3.95. The maximum Gasteiger partial charge on any atom is 0.191 e. The molecule has 0 fully saturated rings. The van der Waals surface area contributed by atoms with Gasteiger partial charge < -0.3 is 9.73 Å². The molecule has 0 atom stereocenters. The average molecular weight is 223 g/mol.